The van der Waals surface area contributed by atoms with Crippen LogP contribution in [0.2, 0.25) is 0 Å². The van der Waals surface area contributed by atoms with E-state index in [9.17, 15) is 23.2 Å². The third kappa shape index (κ3) is 3.19. The molecular weight excluding hydrogens is 408 g/mol. The van der Waals surface area contributed by atoms with E-state index in [-0.39, 0.29) is 22.0 Å². The SMILES string of the molecule is O=C(CBr)c1ccccc1C(F)(F)CCN1C(=O)c2ccccc2C1=O. The van der Waals surface area contributed by atoms with E-state index in [4.69, 9.17) is 0 Å². The van der Waals surface area contributed by atoms with Crippen molar-refractivity contribution in [3.05, 3.63) is 70.8 Å². The zero-order valence-electron chi connectivity index (χ0n) is 13.5. The van der Waals surface area contributed by atoms with E-state index < -0.39 is 42.0 Å². The minimum absolute atomic E-state index is 0.0709. The molecule has 4 nitrogen and oxygen atoms in total. The molecule has 0 N–H and O–H groups in total. The molecule has 134 valence electrons. The van der Waals surface area contributed by atoms with E-state index in [1.54, 1.807) is 12.1 Å². The molecule has 1 heterocycles. The van der Waals surface area contributed by atoms with Crippen LogP contribution >= 0.6 is 15.9 Å². The highest BCUT2D eigenvalue weighted by Crippen LogP contribution is 2.35. The Morgan fingerprint density at radius 1 is 0.962 bits per heavy atom. The van der Waals surface area contributed by atoms with Gasteiger partial charge in [-0.25, -0.2) is 8.78 Å². The quantitative estimate of drug-likeness (QED) is 0.401. The molecule has 0 aromatic heterocycles. The molecule has 0 fully saturated rings. The van der Waals surface area contributed by atoms with Gasteiger partial charge in [0.15, 0.2) is 5.78 Å². The van der Waals surface area contributed by atoms with Gasteiger partial charge in [-0.1, -0.05) is 52.3 Å². The monoisotopic (exact) mass is 421 g/mol. The molecule has 0 unspecified atom stereocenters. The summed E-state index contributed by atoms with van der Waals surface area (Å²) in [7, 11) is 0. The lowest BCUT2D eigenvalue weighted by Crippen LogP contribution is -2.34. The Morgan fingerprint density at radius 2 is 1.50 bits per heavy atom. The van der Waals surface area contributed by atoms with Crippen molar-refractivity contribution >= 4 is 33.5 Å². The Hall–Kier alpha value is -2.41. The maximum Gasteiger partial charge on any atom is 0.275 e. The van der Waals surface area contributed by atoms with E-state index in [0.717, 1.165) is 4.90 Å². The van der Waals surface area contributed by atoms with E-state index >= 15 is 0 Å². The Balaban J connectivity index is 1.81. The third-order valence-electron chi connectivity index (χ3n) is 4.27. The summed E-state index contributed by atoms with van der Waals surface area (Å²) < 4.78 is 29.5. The highest BCUT2D eigenvalue weighted by Gasteiger charge is 2.40. The fraction of sp³-hybridized carbons (Fsp3) is 0.211. The molecule has 7 heteroatoms. The number of fused-ring (bicyclic) bond motifs is 1. The van der Waals surface area contributed by atoms with E-state index in [0.29, 0.717) is 0 Å². The Morgan fingerprint density at radius 3 is 2.08 bits per heavy atom. The molecule has 1 aliphatic heterocycles. The summed E-state index contributed by atoms with van der Waals surface area (Å²) in [5, 5.41) is -0.0709. The lowest BCUT2D eigenvalue weighted by Gasteiger charge is -2.22. The van der Waals surface area contributed by atoms with Crippen LogP contribution in [0.3, 0.4) is 0 Å². The lowest BCUT2D eigenvalue weighted by molar-refractivity contribution is -0.0192. The number of hydrogen-bond acceptors (Lipinski definition) is 3. The third-order valence-corrected chi connectivity index (χ3v) is 4.78. The van der Waals surface area contributed by atoms with Crippen LogP contribution in [0.15, 0.2) is 48.5 Å². The average Bonchev–Trinajstić information content (AvgIpc) is 2.90. The molecule has 0 saturated carbocycles. The molecule has 1 aliphatic rings. The number of halogens is 3. The van der Waals surface area contributed by atoms with Crippen molar-refractivity contribution in [2.75, 3.05) is 11.9 Å². The Kier molecular flexibility index (Phi) is 5.00. The Labute approximate surface area is 156 Å². The first-order chi connectivity index (χ1) is 12.4. The molecule has 0 atom stereocenters. The highest BCUT2D eigenvalue weighted by molar-refractivity contribution is 9.09. The minimum atomic E-state index is -3.36. The Bertz CT molecular complexity index is 863. The number of ketones is 1. The van der Waals surface area contributed by atoms with Crippen LogP contribution in [0, 0.1) is 0 Å². The molecule has 26 heavy (non-hydrogen) atoms. The van der Waals surface area contributed by atoms with E-state index in [1.165, 1.54) is 36.4 Å². The minimum Gasteiger partial charge on any atom is -0.293 e. The second-order valence-corrected chi connectivity index (χ2v) is 6.43. The van der Waals surface area contributed by atoms with Crippen LogP contribution < -0.4 is 0 Å². The largest absolute Gasteiger partial charge is 0.293 e. The van der Waals surface area contributed by atoms with Gasteiger partial charge in [-0.2, -0.15) is 0 Å². The maximum absolute atomic E-state index is 14.7. The summed E-state index contributed by atoms with van der Waals surface area (Å²) in [6.07, 6.45) is -0.759. The van der Waals surface area contributed by atoms with Crippen LogP contribution in [0.1, 0.15) is 43.1 Å². The predicted molar refractivity (Wildman–Crippen MR) is 94.9 cm³/mol. The first-order valence-electron chi connectivity index (χ1n) is 7.88. The number of hydrogen-bond donors (Lipinski definition) is 0. The maximum atomic E-state index is 14.7. The van der Waals surface area contributed by atoms with Crippen molar-refractivity contribution in [3.63, 3.8) is 0 Å². The van der Waals surface area contributed by atoms with Gasteiger partial charge in [0.25, 0.3) is 17.7 Å². The van der Waals surface area contributed by atoms with Gasteiger partial charge in [-0.05, 0) is 12.1 Å². The molecule has 2 aromatic carbocycles. The molecule has 2 amide bonds. The fourth-order valence-corrected chi connectivity index (χ4v) is 3.25. The second-order valence-electron chi connectivity index (χ2n) is 5.86. The van der Waals surface area contributed by atoms with Crippen LogP contribution in [0.4, 0.5) is 8.78 Å². The molecule has 0 spiro atoms. The number of benzene rings is 2. The summed E-state index contributed by atoms with van der Waals surface area (Å²) in [4.78, 5) is 37.3. The topological polar surface area (TPSA) is 54.5 Å². The summed E-state index contributed by atoms with van der Waals surface area (Å²) in [6, 6.07) is 11.7. The van der Waals surface area contributed by atoms with Crippen molar-refractivity contribution in [2.24, 2.45) is 0 Å². The highest BCUT2D eigenvalue weighted by atomic mass is 79.9. The number of amides is 2. The van der Waals surface area contributed by atoms with E-state index in [2.05, 4.69) is 15.9 Å². The molecule has 3 rings (SSSR count). The number of imide groups is 1. The zero-order valence-corrected chi connectivity index (χ0v) is 15.1. The number of Topliss-reactive ketones (excluding diaryl/α,β-unsaturated/α-hetero) is 1. The normalized spacial score (nSPS) is 13.9. The number of rotatable bonds is 6. The molecule has 2 aromatic rings. The average molecular weight is 422 g/mol. The first-order valence-corrected chi connectivity index (χ1v) is 9.00. The molecule has 0 aliphatic carbocycles. The van der Waals surface area contributed by atoms with Gasteiger partial charge < -0.3 is 0 Å². The van der Waals surface area contributed by atoms with Crippen molar-refractivity contribution < 1.29 is 23.2 Å². The standard InChI is InChI=1S/C19H14BrF2NO3/c20-11-16(24)14-7-3-4-8-15(14)19(21,22)9-10-23-17(25)12-5-1-2-6-13(12)18(23)26/h1-8H,9-11H2. The van der Waals surface area contributed by atoms with E-state index in [1.807, 2.05) is 0 Å². The van der Waals surface area contributed by atoms with Gasteiger partial charge in [0.05, 0.1) is 16.5 Å². The molecule has 0 bridgehead atoms. The predicted octanol–water partition coefficient (Wildman–Crippen LogP) is 4.04. The number of carbonyl (C=O) groups is 3. The molecule has 0 saturated heterocycles. The number of alkyl halides is 3. The van der Waals surface area contributed by atoms with Gasteiger partial charge in [0.1, 0.15) is 0 Å². The van der Waals surface area contributed by atoms with Gasteiger partial charge in [-0.3, -0.25) is 19.3 Å². The van der Waals surface area contributed by atoms with Gasteiger partial charge >= 0.3 is 0 Å². The molecule has 0 radical (unpaired) electrons. The summed E-state index contributed by atoms with van der Waals surface area (Å²) >= 11 is 2.99. The van der Waals surface area contributed by atoms with Crippen molar-refractivity contribution in [1.82, 2.24) is 4.90 Å². The lowest BCUT2D eigenvalue weighted by atomic mass is 9.97. The zero-order chi connectivity index (χ0) is 18.9. The van der Waals surface area contributed by atoms with Crippen LogP contribution in [0.25, 0.3) is 0 Å². The smallest absolute Gasteiger partial charge is 0.275 e. The van der Waals surface area contributed by atoms with Crippen LogP contribution in [-0.4, -0.2) is 34.4 Å². The van der Waals surface area contributed by atoms with Crippen molar-refractivity contribution in [1.29, 1.82) is 0 Å². The summed E-state index contributed by atoms with van der Waals surface area (Å²) in [6.45, 7) is -0.434. The van der Waals surface area contributed by atoms with Gasteiger partial charge in [-0.15, -0.1) is 0 Å². The second kappa shape index (κ2) is 7.07. The first kappa shape index (κ1) is 18.4. The number of carbonyl (C=O) groups excluding carboxylic acids is 3. The summed E-state index contributed by atoms with van der Waals surface area (Å²) in [5.74, 6) is -4.97. The van der Waals surface area contributed by atoms with Crippen molar-refractivity contribution in [2.45, 2.75) is 12.3 Å². The summed E-state index contributed by atoms with van der Waals surface area (Å²) in [5.41, 5.74) is -0.0378. The molecular formula is C19H14BrF2NO3. The van der Waals surface area contributed by atoms with Gasteiger partial charge in [0, 0.05) is 24.1 Å². The van der Waals surface area contributed by atoms with Crippen LogP contribution in [0.5, 0.6) is 0 Å². The fourth-order valence-electron chi connectivity index (χ4n) is 2.95. The van der Waals surface area contributed by atoms with Gasteiger partial charge in [0.2, 0.25) is 0 Å². The number of nitrogens with zero attached hydrogens (tertiary/aromatic N) is 1. The van der Waals surface area contributed by atoms with Crippen molar-refractivity contribution in [3.8, 4) is 0 Å². The van der Waals surface area contributed by atoms with Crippen LogP contribution in [-0.2, 0) is 5.92 Å².